The molecule has 0 aromatic rings. The largest absolute Gasteiger partial charge is 0.391 e. The first-order chi connectivity index (χ1) is 8.72. The molecule has 3 heteroatoms. The molecule has 18 heavy (non-hydrogen) atoms. The average Bonchev–Trinajstić information content (AvgIpc) is 3.05. The first kappa shape index (κ1) is 12.2. The van der Waals surface area contributed by atoms with Gasteiger partial charge in [-0.1, -0.05) is 28.8 Å². The normalized spacial score (nSPS) is 49.3. The summed E-state index contributed by atoms with van der Waals surface area (Å²) >= 11 is 3.76. The lowest BCUT2D eigenvalue weighted by atomic mass is 9.86. The Morgan fingerprint density at radius 3 is 2.61 bits per heavy atom. The summed E-state index contributed by atoms with van der Waals surface area (Å²) in [6, 6.07) is 0.519. The smallest absolute Gasteiger partial charge is 0.0726 e. The predicted octanol–water partition coefficient (Wildman–Crippen LogP) is 2.64. The van der Waals surface area contributed by atoms with E-state index in [1.54, 1.807) is 0 Å². The van der Waals surface area contributed by atoms with E-state index in [0.29, 0.717) is 17.4 Å². The maximum Gasteiger partial charge on any atom is 0.0726 e. The number of hydrogen-bond donors (Lipinski definition) is 1. The highest BCUT2D eigenvalue weighted by Crippen LogP contribution is 2.56. The summed E-state index contributed by atoms with van der Waals surface area (Å²) in [6.45, 7) is 2.51. The molecular formula is C15H24BrNO. The second-order valence-corrected chi connectivity index (χ2v) is 7.97. The molecule has 4 rings (SSSR count). The SMILES string of the molecule is OC1C2CC3CN(CC4(CBr)CCCC4)C1C3C2. The highest BCUT2D eigenvalue weighted by atomic mass is 79.9. The molecule has 4 fully saturated rings. The highest BCUT2D eigenvalue weighted by Gasteiger charge is 2.59. The summed E-state index contributed by atoms with van der Waals surface area (Å²) in [5.41, 5.74) is 0.515. The van der Waals surface area contributed by atoms with Crippen LogP contribution in [0.25, 0.3) is 0 Å². The fraction of sp³-hybridized carbons (Fsp3) is 1.00. The molecule has 1 aliphatic heterocycles. The number of aliphatic hydroxyl groups excluding tert-OH is 1. The van der Waals surface area contributed by atoms with Gasteiger partial charge in [0.25, 0.3) is 0 Å². The van der Waals surface area contributed by atoms with Crippen LogP contribution in [-0.4, -0.2) is 40.6 Å². The summed E-state index contributed by atoms with van der Waals surface area (Å²) in [6.07, 6.45) is 8.19. The van der Waals surface area contributed by atoms with E-state index in [-0.39, 0.29) is 6.10 Å². The Labute approximate surface area is 118 Å². The molecule has 0 aromatic carbocycles. The van der Waals surface area contributed by atoms with Gasteiger partial charge in [0.2, 0.25) is 0 Å². The second-order valence-electron chi connectivity index (χ2n) is 7.41. The predicted molar refractivity (Wildman–Crippen MR) is 75.8 cm³/mol. The lowest BCUT2D eigenvalue weighted by Crippen LogP contribution is -2.45. The van der Waals surface area contributed by atoms with Crippen LogP contribution < -0.4 is 0 Å². The minimum Gasteiger partial charge on any atom is -0.391 e. The molecule has 1 saturated heterocycles. The van der Waals surface area contributed by atoms with Gasteiger partial charge in [0.05, 0.1) is 6.10 Å². The van der Waals surface area contributed by atoms with Crippen LogP contribution >= 0.6 is 15.9 Å². The van der Waals surface area contributed by atoms with E-state index in [2.05, 4.69) is 20.8 Å². The molecular weight excluding hydrogens is 290 g/mol. The van der Waals surface area contributed by atoms with Crippen LogP contribution in [0.1, 0.15) is 38.5 Å². The lowest BCUT2D eigenvalue weighted by molar-refractivity contribution is 0.0370. The van der Waals surface area contributed by atoms with Gasteiger partial charge in [-0.25, -0.2) is 0 Å². The van der Waals surface area contributed by atoms with Crippen LogP contribution in [0.15, 0.2) is 0 Å². The van der Waals surface area contributed by atoms with E-state index in [9.17, 15) is 5.11 Å². The minimum absolute atomic E-state index is 0.0115. The maximum absolute atomic E-state index is 10.5. The molecule has 0 amide bonds. The highest BCUT2D eigenvalue weighted by molar-refractivity contribution is 9.09. The Morgan fingerprint density at radius 1 is 1.17 bits per heavy atom. The molecule has 4 aliphatic rings. The van der Waals surface area contributed by atoms with Gasteiger partial charge in [0, 0.05) is 24.5 Å². The zero-order chi connectivity index (χ0) is 12.3. The van der Waals surface area contributed by atoms with Gasteiger partial charge in [0.1, 0.15) is 0 Å². The maximum atomic E-state index is 10.5. The molecule has 0 radical (unpaired) electrons. The number of halogens is 1. The third-order valence-electron chi connectivity index (χ3n) is 6.43. The summed E-state index contributed by atoms with van der Waals surface area (Å²) in [4.78, 5) is 2.68. The first-order valence-electron chi connectivity index (χ1n) is 7.70. The molecule has 2 bridgehead atoms. The van der Waals surface area contributed by atoms with Crippen molar-refractivity contribution in [3.8, 4) is 0 Å². The molecule has 2 nitrogen and oxygen atoms in total. The van der Waals surface area contributed by atoms with Crippen molar-refractivity contribution in [1.82, 2.24) is 4.90 Å². The number of nitrogens with zero attached hydrogens (tertiary/aromatic N) is 1. The third kappa shape index (κ3) is 1.59. The van der Waals surface area contributed by atoms with Gasteiger partial charge in [-0.2, -0.15) is 0 Å². The van der Waals surface area contributed by atoms with Crippen LogP contribution in [0.2, 0.25) is 0 Å². The molecule has 1 heterocycles. The molecule has 5 atom stereocenters. The number of hydrogen-bond acceptors (Lipinski definition) is 2. The summed E-state index contributed by atoms with van der Waals surface area (Å²) in [7, 11) is 0. The van der Waals surface area contributed by atoms with Gasteiger partial charge in [-0.3, -0.25) is 4.90 Å². The number of rotatable bonds is 3. The van der Waals surface area contributed by atoms with Crippen LogP contribution in [0, 0.1) is 23.2 Å². The van der Waals surface area contributed by atoms with Crippen molar-refractivity contribution in [1.29, 1.82) is 0 Å². The Hall–Kier alpha value is 0.400. The minimum atomic E-state index is -0.0115. The van der Waals surface area contributed by atoms with Gasteiger partial charge in [-0.15, -0.1) is 0 Å². The van der Waals surface area contributed by atoms with Crippen LogP contribution in [0.4, 0.5) is 0 Å². The number of fused-ring (bicyclic) bond motifs is 1. The fourth-order valence-electron chi connectivity index (χ4n) is 5.61. The fourth-order valence-corrected chi connectivity index (χ4v) is 6.35. The van der Waals surface area contributed by atoms with E-state index in [1.807, 2.05) is 0 Å². The Kier molecular flexibility index (Phi) is 2.84. The van der Waals surface area contributed by atoms with Crippen LogP contribution in [0.3, 0.4) is 0 Å². The molecule has 0 aromatic heterocycles. The van der Waals surface area contributed by atoms with Gasteiger partial charge >= 0.3 is 0 Å². The van der Waals surface area contributed by atoms with Gasteiger partial charge in [-0.05, 0) is 48.9 Å². The van der Waals surface area contributed by atoms with E-state index in [1.165, 1.54) is 51.6 Å². The summed E-state index contributed by atoms with van der Waals surface area (Å²) < 4.78 is 0. The zero-order valence-electron chi connectivity index (χ0n) is 11.0. The standard InChI is InChI=1S/C15H24BrNO/c16-8-15(3-1-2-4-15)9-17-7-11-5-10-6-12(11)13(17)14(10)18/h10-14,18H,1-9H2. The molecule has 102 valence electrons. The van der Waals surface area contributed by atoms with E-state index in [4.69, 9.17) is 0 Å². The van der Waals surface area contributed by atoms with E-state index < -0.39 is 0 Å². The molecule has 5 unspecified atom stereocenters. The zero-order valence-corrected chi connectivity index (χ0v) is 12.6. The summed E-state index contributed by atoms with van der Waals surface area (Å²) in [5, 5.41) is 11.6. The van der Waals surface area contributed by atoms with Crippen molar-refractivity contribution in [3.63, 3.8) is 0 Å². The Morgan fingerprint density at radius 2 is 1.94 bits per heavy atom. The molecule has 3 saturated carbocycles. The Bertz CT molecular complexity index is 339. The third-order valence-corrected chi connectivity index (χ3v) is 7.62. The van der Waals surface area contributed by atoms with Crippen molar-refractivity contribution in [2.24, 2.45) is 23.2 Å². The number of aliphatic hydroxyl groups is 1. The van der Waals surface area contributed by atoms with Crippen molar-refractivity contribution < 1.29 is 5.11 Å². The second kappa shape index (κ2) is 4.20. The lowest BCUT2D eigenvalue weighted by Gasteiger charge is -2.36. The quantitative estimate of drug-likeness (QED) is 0.810. The molecule has 3 aliphatic carbocycles. The molecule has 0 spiro atoms. The van der Waals surface area contributed by atoms with Gasteiger partial charge in [0.15, 0.2) is 0 Å². The average molecular weight is 314 g/mol. The molecule has 1 N–H and O–H groups in total. The monoisotopic (exact) mass is 313 g/mol. The van der Waals surface area contributed by atoms with Crippen molar-refractivity contribution in [3.05, 3.63) is 0 Å². The van der Waals surface area contributed by atoms with Crippen molar-refractivity contribution in [2.45, 2.75) is 50.7 Å². The van der Waals surface area contributed by atoms with E-state index in [0.717, 1.165) is 17.2 Å². The Balaban J connectivity index is 1.53. The van der Waals surface area contributed by atoms with Crippen LogP contribution in [-0.2, 0) is 0 Å². The van der Waals surface area contributed by atoms with Gasteiger partial charge < -0.3 is 5.11 Å². The topological polar surface area (TPSA) is 23.5 Å². The van der Waals surface area contributed by atoms with Crippen molar-refractivity contribution >= 4 is 15.9 Å². The first-order valence-corrected chi connectivity index (χ1v) is 8.83. The summed E-state index contributed by atoms with van der Waals surface area (Å²) in [5.74, 6) is 2.38. The van der Waals surface area contributed by atoms with E-state index >= 15 is 0 Å². The van der Waals surface area contributed by atoms with Crippen LogP contribution in [0.5, 0.6) is 0 Å². The number of likely N-dealkylation sites (tertiary alicyclic amines) is 1. The number of alkyl halides is 1. The van der Waals surface area contributed by atoms with Crippen molar-refractivity contribution in [2.75, 3.05) is 18.4 Å².